The molecule has 0 heterocycles. The molecule has 3 N–H and O–H groups in total. The van der Waals surface area contributed by atoms with Gasteiger partial charge in [0, 0.05) is 25.1 Å². The zero-order chi connectivity index (χ0) is 21.8. The Kier molecular flexibility index (Phi) is 6.63. The van der Waals surface area contributed by atoms with Crippen molar-refractivity contribution in [2.24, 2.45) is 23.2 Å². The van der Waals surface area contributed by atoms with Crippen LogP contribution in [0, 0.1) is 23.2 Å². The van der Waals surface area contributed by atoms with E-state index in [0.717, 1.165) is 35.4 Å². The molecule has 0 saturated heterocycles. The predicted molar refractivity (Wildman–Crippen MR) is 120 cm³/mol. The zero-order valence-corrected chi connectivity index (χ0v) is 18.5. The van der Waals surface area contributed by atoms with Gasteiger partial charge >= 0.3 is 0 Å². The third-order valence-electron chi connectivity index (χ3n) is 7.32. The van der Waals surface area contributed by atoms with Gasteiger partial charge in [0.05, 0.1) is 6.54 Å². The second kappa shape index (κ2) is 9.41. The maximum Gasteiger partial charge on any atom is 0.239 e. The predicted octanol–water partition coefficient (Wildman–Crippen LogP) is 3.76. The monoisotopic (exact) mass is 425 g/mol. The van der Waals surface area contributed by atoms with Crippen LogP contribution in [0.25, 0.3) is 0 Å². The van der Waals surface area contributed by atoms with Crippen molar-refractivity contribution in [3.63, 3.8) is 0 Å². The van der Waals surface area contributed by atoms with Crippen LogP contribution in [-0.2, 0) is 20.9 Å². The highest BCUT2D eigenvalue weighted by Crippen LogP contribution is 2.61. The highest BCUT2D eigenvalue weighted by molar-refractivity contribution is 5.90. The Balaban J connectivity index is 1.19. The normalized spacial score (nSPS) is 28.2. The summed E-state index contributed by atoms with van der Waals surface area (Å²) in [5, 5.41) is 8.55. The van der Waals surface area contributed by atoms with Crippen molar-refractivity contribution in [2.45, 2.75) is 71.3 Å². The van der Waals surface area contributed by atoms with Crippen LogP contribution in [0.1, 0.15) is 70.3 Å². The van der Waals surface area contributed by atoms with Gasteiger partial charge in [0.1, 0.15) is 0 Å². The fourth-order valence-corrected chi connectivity index (χ4v) is 6.56. The minimum absolute atomic E-state index is 0.00887. The standard InChI is InChI=1S/C25H35N3O3/c1-2-4-22(29)28-21-6-3-5-17(10-21)15-26-24(31)16-27-23(30)14-25-11-18-7-19(12-25)9-20(8-18)13-25/h3,5-6,10,18-20H,2,4,7-9,11-16H2,1H3,(H,26,31)(H,27,30)(H,28,29). The number of hydrogen-bond donors (Lipinski definition) is 3. The molecule has 5 rings (SSSR count). The maximum atomic E-state index is 12.6. The Hall–Kier alpha value is -2.37. The van der Waals surface area contributed by atoms with E-state index in [2.05, 4.69) is 16.0 Å². The fourth-order valence-electron chi connectivity index (χ4n) is 6.56. The second-order valence-corrected chi connectivity index (χ2v) is 10.1. The number of benzene rings is 1. The Bertz CT molecular complexity index is 800. The largest absolute Gasteiger partial charge is 0.350 e. The van der Waals surface area contributed by atoms with Gasteiger partial charge in [-0.1, -0.05) is 19.1 Å². The van der Waals surface area contributed by atoms with Crippen molar-refractivity contribution in [1.82, 2.24) is 10.6 Å². The fraction of sp³-hybridized carbons (Fsp3) is 0.640. The Labute approximate surface area is 184 Å². The van der Waals surface area contributed by atoms with Gasteiger partial charge in [0.25, 0.3) is 0 Å². The van der Waals surface area contributed by atoms with Crippen molar-refractivity contribution >= 4 is 23.4 Å². The molecule has 6 nitrogen and oxygen atoms in total. The smallest absolute Gasteiger partial charge is 0.239 e. The number of nitrogens with one attached hydrogen (secondary N) is 3. The molecule has 4 fully saturated rings. The first-order valence-corrected chi connectivity index (χ1v) is 11.9. The van der Waals surface area contributed by atoms with E-state index in [-0.39, 0.29) is 29.7 Å². The van der Waals surface area contributed by atoms with Gasteiger partial charge in [-0.3, -0.25) is 14.4 Å². The van der Waals surface area contributed by atoms with Crippen LogP contribution in [0.5, 0.6) is 0 Å². The summed E-state index contributed by atoms with van der Waals surface area (Å²) in [7, 11) is 0. The molecule has 0 unspecified atom stereocenters. The molecule has 4 aliphatic rings. The Morgan fingerprint density at radius 1 is 0.935 bits per heavy atom. The number of carbonyl (C=O) groups is 3. The van der Waals surface area contributed by atoms with Gasteiger partial charge < -0.3 is 16.0 Å². The molecule has 31 heavy (non-hydrogen) atoms. The topological polar surface area (TPSA) is 87.3 Å². The SMILES string of the molecule is CCCC(=O)Nc1cccc(CNC(=O)CNC(=O)CC23CC4CC(CC(C4)C2)C3)c1. The van der Waals surface area contributed by atoms with Crippen LogP contribution in [0.3, 0.4) is 0 Å². The molecule has 4 bridgehead atoms. The van der Waals surface area contributed by atoms with E-state index in [1.165, 1.54) is 38.5 Å². The van der Waals surface area contributed by atoms with Gasteiger partial charge in [0.2, 0.25) is 17.7 Å². The lowest BCUT2D eigenvalue weighted by Crippen LogP contribution is -2.48. The van der Waals surface area contributed by atoms with Gasteiger partial charge in [-0.05, 0) is 85.8 Å². The average molecular weight is 426 g/mol. The summed E-state index contributed by atoms with van der Waals surface area (Å²) >= 11 is 0. The molecule has 0 radical (unpaired) electrons. The van der Waals surface area contributed by atoms with E-state index in [1.807, 2.05) is 31.2 Å². The van der Waals surface area contributed by atoms with Crippen LogP contribution < -0.4 is 16.0 Å². The minimum atomic E-state index is -0.195. The molecular formula is C25H35N3O3. The van der Waals surface area contributed by atoms with Gasteiger partial charge in [-0.2, -0.15) is 0 Å². The minimum Gasteiger partial charge on any atom is -0.350 e. The van der Waals surface area contributed by atoms with E-state index in [0.29, 0.717) is 19.4 Å². The van der Waals surface area contributed by atoms with Gasteiger partial charge in [-0.25, -0.2) is 0 Å². The van der Waals surface area contributed by atoms with E-state index in [1.54, 1.807) is 0 Å². The van der Waals surface area contributed by atoms with Gasteiger partial charge in [0.15, 0.2) is 0 Å². The van der Waals surface area contributed by atoms with Crippen molar-refractivity contribution < 1.29 is 14.4 Å². The summed E-state index contributed by atoms with van der Waals surface area (Å²) in [4.78, 5) is 36.6. The van der Waals surface area contributed by atoms with Crippen LogP contribution in [0.2, 0.25) is 0 Å². The molecule has 6 heteroatoms. The molecule has 3 amide bonds. The molecule has 0 spiro atoms. The summed E-state index contributed by atoms with van der Waals surface area (Å²) in [6.07, 6.45) is 9.56. The third-order valence-corrected chi connectivity index (χ3v) is 7.32. The lowest BCUT2D eigenvalue weighted by Gasteiger charge is -2.56. The molecular weight excluding hydrogens is 390 g/mol. The molecule has 168 valence electrons. The third kappa shape index (κ3) is 5.66. The van der Waals surface area contributed by atoms with E-state index in [4.69, 9.17) is 0 Å². The summed E-state index contributed by atoms with van der Waals surface area (Å²) in [6.45, 7) is 2.34. The lowest BCUT2D eigenvalue weighted by molar-refractivity contribution is -0.132. The number of hydrogen-bond acceptors (Lipinski definition) is 3. The molecule has 0 aromatic heterocycles. The van der Waals surface area contributed by atoms with Crippen molar-refractivity contribution in [2.75, 3.05) is 11.9 Å². The lowest BCUT2D eigenvalue weighted by atomic mass is 9.49. The van der Waals surface area contributed by atoms with Crippen molar-refractivity contribution in [3.05, 3.63) is 29.8 Å². The first-order valence-electron chi connectivity index (χ1n) is 11.9. The highest BCUT2D eigenvalue weighted by atomic mass is 16.2. The first-order chi connectivity index (χ1) is 14.9. The first kappa shape index (κ1) is 21.8. The number of anilines is 1. The van der Waals surface area contributed by atoms with Crippen LogP contribution >= 0.6 is 0 Å². The Morgan fingerprint density at radius 2 is 1.61 bits per heavy atom. The number of carbonyl (C=O) groups excluding carboxylic acids is 3. The van der Waals surface area contributed by atoms with Crippen LogP contribution in [0.4, 0.5) is 5.69 Å². The van der Waals surface area contributed by atoms with Crippen LogP contribution in [-0.4, -0.2) is 24.3 Å². The summed E-state index contributed by atoms with van der Waals surface area (Å²) < 4.78 is 0. The summed E-state index contributed by atoms with van der Waals surface area (Å²) in [5.41, 5.74) is 1.83. The maximum absolute atomic E-state index is 12.6. The van der Waals surface area contributed by atoms with Crippen molar-refractivity contribution in [1.29, 1.82) is 0 Å². The van der Waals surface area contributed by atoms with Crippen LogP contribution in [0.15, 0.2) is 24.3 Å². The average Bonchev–Trinajstić information content (AvgIpc) is 2.70. The van der Waals surface area contributed by atoms with Gasteiger partial charge in [-0.15, -0.1) is 0 Å². The molecule has 0 aliphatic heterocycles. The van der Waals surface area contributed by atoms with E-state index in [9.17, 15) is 14.4 Å². The van der Waals surface area contributed by atoms with Crippen molar-refractivity contribution in [3.8, 4) is 0 Å². The molecule has 4 saturated carbocycles. The number of amides is 3. The molecule has 1 aromatic carbocycles. The highest BCUT2D eigenvalue weighted by Gasteiger charge is 2.51. The summed E-state index contributed by atoms with van der Waals surface area (Å²) in [5.74, 6) is 2.28. The zero-order valence-electron chi connectivity index (χ0n) is 18.5. The number of rotatable bonds is 9. The Morgan fingerprint density at radius 3 is 2.26 bits per heavy atom. The van der Waals surface area contributed by atoms with E-state index < -0.39 is 0 Å². The van der Waals surface area contributed by atoms with E-state index >= 15 is 0 Å². The second-order valence-electron chi connectivity index (χ2n) is 10.1. The molecule has 4 aliphatic carbocycles. The molecule has 0 atom stereocenters. The quantitative estimate of drug-likeness (QED) is 0.563. The molecule has 1 aromatic rings. The summed E-state index contributed by atoms with van der Waals surface area (Å²) in [6, 6.07) is 7.46.